The first-order valence-electron chi connectivity index (χ1n) is 5.14. The van der Waals surface area contributed by atoms with Gasteiger partial charge in [-0.05, 0) is 18.2 Å². The Bertz CT molecular complexity index is 403. The number of nitrogen functional groups attached to an aromatic ring is 1. The SMILES string of the molecule is Nc1ccc(C(=O)O)c(N2CCSCC2)c1. The molecule has 0 atom stereocenters. The van der Waals surface area contributed by atoms with Crippen LogP contribution in [0.5, 0.6) is 0 Å². The summed E-state index contributed by atoms with van der Waals surface area (Å²) in [4.78, 5) is 13.2. The molecule has 0 aromatic heterocycles. The molecule has 1 aliphatic heterocycles. The summed E-state index contributed by atoms with van der Waals surface area (Å²) in [7, 11) is 0. The van der Waals surface area contributed by atoms with Crippen molar-refractivity contribution in [1.82, 2.24) is 0 Å². The van der Waals surface area contributed by atoms with E-state index in [9.17, 15) is 4.79 Å². The van der Waals surface area contributed by atoms with Gasteiger partial charge in [-0.3, -0.25) is 0 Å². The Labute approximate surface area is 98.4 Å². The molecule has 0 unspecified atom stereocenters. The molecule has 1 saturated heterocycles. The molecule has 86 valence electrons. The highest BCUT2D eigenvalue weighted by molar-refractivity contribution is 7.99. The first kappa shape index (κ1) is 11.1. The number of carboxylic acids is 1. The maximum atomic E-state index is 11.1. The summed E-state index contributed by atoms with van der Waals surface area (Å²) >= 11 is 1.89. The molecular formula is C11H14N2O2S. The molecule has 0 spiro atoms. The topological polar surface area (TPSA) is 66.6 Å². The van der Waals surface area contributed by atoms with Crippen molar-refractivity contribution in [3.8, 4) is 0 Å². The molecule has 5 heteroatoms. The molecule has 3 N–H and O–H groups in total. The number of hydrogen-bond donors (Lipinski definition) is 2. The van der Waals surface area contributed by atoms with Crippen LogP contribution in [-0.2, 0) is 0 Å². The first-order valence-corrected chi connectivity index (χ1v) is 6.29. The van der Waals surface area contributed by atoms with E-state index in [1.807, 2.05) is 11.8 Å². The number of carboxylic acid groups (broad SMARTS) is 1. The molecule has 0 aliphatic carbocycles. The Kier molecular flexibility index (Phi) is 3.24. The van der Waals surface area contributed by atoms with Crippen molar-refractivity contribution in [3.63, 3.8) is 0 Å². The largest absolute Gasteiger partial charge is 0.478 e. The summed E-state index contributed by atoms with van der Waals surface area (Å²) in [5.74, 6) is 1.18. The summed E-state index contributed by atoms with van der Waals surface area (Å²) in [6.45, 7) is 1.77. The zero-order valence-corrected chi connectivity index (χ0v) is 9.67. The summed E-state index contributed by atoms with van der Waals surface area (Å²) < 4.78 is 0. The first-order chi connectivity index (χ1) is 7.68. The number of benzene rings is 1. The fourth-order valence-corrected chi connectivity index (χ4v) is 2.70. The van der Waals surface area contributed by atoms with Crippen molar-refractivity contribution in [3.05, 3.63) is 23.8 Å². The minimum atomic E-state index is -0.895. The van der Waals surface area contributed by atoms with Crippen LogP contribution in [0.2, 0.25) is 0 Å². The van der Waals surface area contributed by atoms with Crippen LogP contribution in [0, 0.1) is 0 Å². The van der Waals surface area contributed by atoms with E-state index in [0.29, 0.717) is 11.3 Å². The van der Waals surface area contributed by atoms with E-state index in [2.05, 4.69) is 4.90 Å². The highest BCUT2D eigenvalue weighted by Gasteiger charge is 2.18. The Balaban J connectivity index is 2.36. The zero-order valence-electron chi connectivity index (χ0n) is 8.85. The highest BCUT2D eigenvalue weighted by Crippen LogP contribution is 2.26. The van der Waals surface area contributed by atoms with Gasteiger partial charge in [0.15, 0.2) is 0 Å². The van der Waals surface area contributed by atoms with Crippen LogP contribution >= 0.6 is 11.8 Å². The molecule has 1 aromatic rings. The molecule has 1 fully saturated rings. The van der Waals surface area contributed by atoms with Crippen molar-refractivity contribution in [1.29, 1.82) is 0 Å². The number of aromatic carboxylic acids is 1. The monoisotopic (exact) mass is 238 g/mol. The Morgan fingerprint density at radius 3 is 2.69 bits per heavy atom. The van der Waals surface area contributed by atoms with E-state index in [1.165, 1.54) is 0 Å². The molecule has 1 aromatic carbocycles. The third kappa shape index (κ3) is 2.24. The molecule has 2 rings (SSSR count). The van der Waals surface area contributed by atoms with Gasteiger partial charge in [0.2, 0.25) is 0 Å². The second kappa shape index (κ2) is 4.65. The average Bonchev–Trinajstić information content (AvgIpc) is 2.29. The van der Waals surface area contributed by atoms with Gasteiger partial charge >= 0.3 is 5.97 Å². The van der Waals surface area contributed by atoms with Crippen molar-refractivity contribution < 1.29 is 9.90 Å². The number of rotatable bonds is 2. The van der Waals surface area contributed by atoms with Crippen molar-refractivity contribution in [2.75, 3.05) is 35.2 Å². The van der Waals surface area contributed by atoms with Crippen LogP contribution in [0.4, 0.5) is 11.4 Å². The molecular weight excluding hydrogens is 224 g/mol. The van der Waals surface area contributed by atoms with Crippen LogP contribution < -0.4 is 10.6 Å². The number of nitrogens with two attached hydrogens (primary N) is 1. The fourth-order valence-electron chi connectivity index (χ4n) is 1.80. The fraction of sp³-hybridized carbons (Fsp3) is 0.364. The van der Waals surface area contributed by atoms with E-state index < -0.39 is 5.97 Å². The van der Waals surface area contributed by atoms with Crippen molar-refractivity contribution in [2.24, 2.45) is 0 Å². The number of nitrogens with zero attached hydrogens (tertiary/aromatic N) is 1. The summed E-state index contributed by atoms with van der Waals surface area (Å²) in [6, 6.07) is 4.96. The lowest BCUT2D eigenvalue weighted by atomic mass is 10.1. The van der Waals surface area contributed by atoms with Crippen LogP contribution in [-0.4, -0.2) is 35.7 Å². The second-order valence-corrected chi connectivity index (χ2v) is 4.91. The quantitative estimate of drug-likeness (QED) is 0.765. The average molecular weight is 238 g/mol. The lowest BCUT2D eigenvalue weighted by Crippen LogP contribution is -2.33. The van der Waals surface area contributed by atoms with E-state index in [1.54, 1.807) is 18.2 Å². The third-order valence-corrected chi connectivity index (χ3v) is 3.55. The highest BCUT2D eigenvalue weighted by atomic mass is 32.2. The zero-order chi connectivity index (χ0) is 11.5. The van der Waals surface area contributed by atoms with Gasteiger partial charge < -0.3 is 15.7 Å². The summed E-state index contributed by atoms with van der Waals surface area (Å²) in [5.41, 5.74) is 7.40. The lowest BCUT2D eigenvalue weighted by molar-refractivity contribution is 0.0697. The number of hydrogen-bond acceptors (Lipinski definition) is 4. The van der Waals surface area contributed by atoms with E-state index >= 15 is 0 Å². The predicted octanol–water partition coefficient (Wildman–Crippen LogP) is 1.52. The molecule has 4 nitrogen and oxygen atoms in total. The van der Waals surface area contributed by atoms with Crippen LogP contribution in [0.15, 0.2) is 18.2 Å². The predicted molar refractivity (Wildman–Crippen MR) is 67.4 cm³/mol. The van der Waals surface area contributed by atoms with Crippen molar-refractivity contribution >= 4 is 29.1 Å². The minimum absolute atomic E-state index is 0.334. The lowest BCUT2D eigenvalue weighted by Gasteiger charge is -2.29. The normalized spacial score (nSPS) is 16.1. The van der Waals surface area contributed by atoms with Gasteiger partial charge in [0.05, 0.1) is 11.3 Å². The van der Waals surface area contributed by atoms with Gasteiger partial charge in [0.25, 0.3) is 0 Å². The Morgan fingerprint density at radius 2 is 2.06 bits per heavy atom. The Morgan fingerprint density at radius 1 is 1.38 bits per heavy atom. The third-order valence-electron chi connectivity index (χ3n) is 2.60. The molecule has 1 aliphatic rings. The van der Waals surface area contributed by atoms with E-state index in [-0.39, 0.29) is 0 Å². The van der Waals surface area contributed by atoms with E-state index in [0.717, 1.165) is 30.3 Å². The van der Waals surface area contributed by atoms with E-state index in [4.69, 9.17) is 10.8 Å². The minimum Gasteiger partial charge on any atom is -0.478 e. The van der Waals surface area contributed by atoms with Gasteiger partial charge in [-0.15, -0.1) is 0 Å². The van der Waals surface area contributed by atoms with Gasteiger partial charge in [0.1, 0.15) is 0 Å². The molecule has 0 bridgehead atoms. The van der Waals surface area contributed by atoms with Crippen molar-refractivity contribution in [2.45, 2.75) is 0 Å². The van der Waals surface area contributed by atoms with Gasteiger partial charge in [-0.1, -0.05) is 0 Å². The van der Waals surface area contributed by atoms with Crippen LogP contribution in [0.1, 0.15) is 10.4 Å². The number of carbonyl (C=O) groups is 1. The van der Waals surface area contributed by atoms with Crippen LogP contribution in [0.3, 0.4) is 0 Å². The molecule has 0 amide bonds. The molecule has 0 radical (unpaired) electrons. The second-order valence-electron chi connectivity index (χ2n) is 3.68. The van der Waals surface area contributed by atoms with Gasteiger partial charge in [0, 0.05) is 30.3 Å². The van der Waals surface area contributed by atoms with Gasteiger partial charge in [-0.25, -0.2) is 4.79 Å². The number of anilines is 2. The summed E-state index contributed by atoms with van der Waals surface area (Å²) in [6.07, 6.45) is 0. The maximum absolute atomic E-state index is 11.1. The number of thioether (sulfide) groups is 1. The summed E-state index contributed by atoms with van der Waals surface area (Å²) in [5, 5.41) is 9.11. The maximum Gasteiger partial charge on any atom is 0.337 e. The standard InChI is InChI=1S/C11H14N2O2S/c12-8-1-2-9(11(14)15)10(7-8)13-3-5-16-6-4-13/h1-2,7H,3-6,12H2,(H,14,15). The molecule has 16 heavy (non-hydrogen) atoms. The molecule has 1 heterocycles. The van der Waals surface area contributed by atoms with Gasteiger partial charge in [-0.2, -0.15) is 11.8 Å². The Hall–Kier alpha value is -1.36. The smallest absolute Gasteiger partial charge is 0.337 e. The van der Waals surface area contributed by atoms with Crippen LogP contribution in [0.25, 0.3) is 0 Å². The molecule has 0 saturated carbocycles.